The summed E-state index contributed by atoms with van der Waals surface area (Å²) in [6.07, 6.45) is 0.413. The van der Waals surface area contributed by atoms with Crippen LogP contribution in [0.25, 0.3) is 0 Å². The van der Waals surface area contributed by atoms with Crippen molar-refractivity contribution in [2.45, 2.75) is 25.4 Å². The number of rotatable bonds is 10. The van der Waals surface area contributed by atoms with Gasteiger partial charge in [0.2, 0.25) is 0 Å². The van der Waals surface area contributed by atoms with Gasteiger partial charge in [0, 0.05) is 57.0 Å². The molecule has 1 aliphatic heterocycles. The maximum atomic E-state index is 11.8. The molecule has 0 amide bonds. The molecule has 1 saturated heterocycles. The zero-order valence-corrected chi connectivity index (χ0v) is 21.0. The van der Waals surface area contributed by atoms with E-state index in [9.17, 15) is 39.6 Å². The van der Waals surface area contributed by atoms with Crippen molar-refractivity contribution in [1.29, 1.82) is 0 Å². The van der Waals surface area contributed by atoms with Gasteiger partial charge in [-0.15, -0.1) is 0 Å². The molecule has 206 valence electrons. The standard InChI is InChI=1S/C24H37N5O8/c1-17-11-27(14-22(32)33)12-20(10-18-2-4-19(25)5-3-18)29(16-24(36)37)9-7-26(13-21(30)31)6-8-28(17)15-23(34)35/h2-5,17,20H,6-16,25H2,1H3,(H,30,31)(H,32,33)(H,34,35)(H,36,37). The third kappa shape index (κ3) is 11.1. The smallest absolute Gasteiger partial charge is 0.317 e. The van der Waals surface area contributed by atoms with Gasteiger partial charge < -0.3 is 26.2 Å². The molecule has 0 saturated carbocycles. The van der Waals surface area contributed by atoms with Gasteiger partial charge in [0.05, 0.1) is 26.2 Å². The van der Waals surface area contributed by atoms with Crippen LogP contribution >= 0.6 is 0 Å². The Bertz CT molecular complexity index is 928. The van der Waals surface area contributed by atoms with Crippen molar-refractivity contribution in [2.24, 2.45) is 0 Å². The van der Waals surface area contributed by atoms with Crippen LogP contribution in [0.15, 0.2) is 24.3 Å². The normalized spacial score (nSPS) is 21.5. The molecule has 2 unspecified atom stereocenters. The Morgan fingerprint density at radius 1 is 0.730 bits per heavy atom. The third-order valence-electron chi connectivity index (χ3n) is 6.38. The predicted molar refractivity (Wildman–Crippen MR) is 134 cm³/mol. The molecule has 37 heavy (non-hydrogen) atoms. The van der Waals surface area contributed by atoms with Gasteiger partial charge in [-0.3, -0.25) is 38.8 Å². The molecular weight excluding hydrogens is 486 g/mol. The molecule has 1 fully saturated rings. The lowest BCUT2D eigenvalue weighted by molar-refractivity contribution is -0.142. The zero-order chi connectivity index (χ0) is 27.5. The van der Waals surface area contributed by atoms with Gasteiger partial charge in [-0.1, -0.05) is 12.1 Å². The van der Waals surface area contributed by atoms with Crippen LogP contribution in [-0.2, 0) is 25.6 Å². The SMILES string of the molecule is CC1CN(CC(=O)O)CC(Cc2ccc(N)cc2)N(CC(=O)O)CCN(CC(=O)O)CCN1CC(=O)O. The van der Waals surface area contributed by atoms with Crippen LogP contribution in [0, 0.1) is 0 Å². The van der Waals surface area contributed by atoms with Gasteiger partial charge in [-0.05, 0) is 31.0 Å². The van der Waals surface area contributed by atoms with E-state index < -0.39 is 29.9 Å². The molecule has 1 heterocycles. The number of hydrogen-bond acceptors (Lipinski definition) is 9. The first-order chi connectivity index (χ1) is 17.4. The van der Waals surface area contributed by atoms with Crippen molar-refractivity contribution in [3.05, 3.63) is 29.8 Å². The van der Waals surface area contributed by atoms with Gasteiger partial charge in [-0.2, -0.15) is 0 Å². The fraction of sp³-hybridized carbons (Fsp3) is 0.583. The second-order valence-electron chi connectivity index (χ2n) is 9.43. The first-order valence-electron chi connectivity index (χ1n) is 12.1. The van der Waals surface area contributed by atoms with E-state index in [2.05, 4.69) is 0 Å². The number of nitrogens with two attached hydrogens (primary N) is 1. The summed E-state index contributed by atoms with van der Waals surface area (Å²) >= 11 is 0. The fourth-order valence-corrected chi connectivity index (χ4v) is 4.61. The van der Waals surface area contributed by atoms with Gasteiger partial charge in [0.1, 0.15) is 0 Å². The summed E-state index contributed by atoms with van der Waals surface area (Å²) in [5, 5.41) is 38.0. The Hall–Kier alpha value is -3.26. The Kier molecular flexibility index (Phi) is 11.7. The van der Waals surface area contributed by atoms with Crippen molar-refractivity contribution in [3.8, 4) is 0 Å². The zero-order valence-electron chi connectivity index (χ0n) is 21.0. The highest BCUT2D eigenvalue weighted by Crippen LogP contribution is 2.15. The number of anilines is 1. The molecule has 0 aromatic heterocycles. The average Bonchev–Trinajstić information content (AvgIpc) is 2.78. The van der Waals surface area contributed by atoms with Crippen LogP contribution < -0.4 is 5.73 Å². The minimum absolute atomic E-state index is 0.216. The molecule has 1 aromatic carbocycles. The number of benzene rings is 1. The molecule has 13 heteroatoms. The first-order valence-corrected chi connectivity index (χ1v) is 12.1. The van der Waals surface area contributed by atoms with Crippen LogP contribution in [0.1, 0.15) is 12.5 Å². The molecule has 0 radical (unpaired) electrons. The van der Waals surface area contributed by atoms with Gasteiger partial charge in [0.15, 0.2) is 0 Å². The fourth-order valence-electron chi connectivity index (χ4n) is 4.61. The summed E-state index contributed by atoms with van der Waals surface area (Å²) in [5.41, 5.74) is 7.27. The van der Waals surface area contributed by atoms with E-state index in [4.69, 9.17) is 5.73 Å². The molecule has 2 rings (SSSR count). The number of nitrogens with zero attached hydrogens (tertiary/aromatic N) is 4. The van der Waals surface area contributed by atoms with Gasteiger partial charge >= 0.3 is 23.9 Å². The lowest BCUT2D eigenvalue weighted by Gasteiger charge is -2.39. The number of carboxylic acids is 4. The van der Waals surface area contributed by atoms with Crippen LogP contribution in [0.3, 0.4) is 0 Å². The molecule has 0 aliphatic carbocycles. The highest BCUT2D eigenvalue weighted by molar-refractivity contribution is 5.70. The summed E-state index contributed by atoms with van der Waals surface area (Å²) in [7, 11) is 0. The topological polar surface area (TPSA) is 188 Å². The van der Waals surface area contributed by atoms with Gasteiger partial charge in [0.25, 0.3) is 0 Å². The number of carbonyl (C=O) groups is 4. The molecular formula is C24H37N5O8. The van der Waals surface area contributed by atoms with Crippen molar-refractivity contribution >= 4 is 29.6 Å². The van der Waals surface area contributed by atoms with Crippen LogP contribution in [0.4, 0.5) is 5.69 Å². The minimum atomic E-state index is -1.05. The van der Waals surface area contributed by atoms with E-state index in [1.807, 2.05) is 12.1 Å². The highest BCUT2D eigenvalue weighted by atomic mass is 16.4. The van der Waals surface area contributed by atoms with E-state index in [-0.39, 0.29) is 71.5 Å². The van der Waals surface area contributed by atoms with Crippen LogP contribution in [0.5, 0.6) is 0 Å². The maximum Gasteiger partial charge on any atom is 0.317 e. The van der Waals surface area contributed by atoms with E-state index >= 15 is 0 Å². The molecule has 1 aliphatic rings. The average molecular weight is 524 g/mol. The Balaban J connectivity index is 2.44. The van der Waals surface area contributed by atoms with Crippen molar-refractivity contribution in [3.63, 3.8) is 0 Å². The summed E-state index contributed by atoms with van der Waals surface area (Å²) in [6.45, 7) is 2.09. The van der Waals surface area contributed by atoms with E-state index in [1.165, 1.54) is 0 Å². The van der Waals surface area contributed by atoms with E-state index in [0.717, 1.165) is 5.56 Å². The number of carboxylic acid groups (broad SMARTS) is 4. The molecule has 1 aromatic rings. The second kappa shape index (κ2) is 14.5. The largest absolute Gasteiger partial charge is 0.480 e. The Labute approximate surface area is 215 Å². The molecule has 6 N–H and O–H groups in total. The number of hydrogen-bond donors (Lipinski definition) is 5. The Morgan fingerprint density at radius 2 is 1.22 bits per heavy atom. The highest BCUT2D eigenvalue weighted by Gasteiger charge is 2.29. The number of nitrogen functional groups attached to an aromatic ring is 1. The quantitative estimate of drug-likeness (QED) is 0.238. The minimum Gasteiger partial charge on any atom is -0.480 e. The Morgan fingerprint density at radius 3 is 1.76 bits per heavy atom. The van der Waals surface area contributed by atoms with Crippen LogP contribution in [-0.4, -0.2) is 141 Å². The first kappa shape index (κ1) is 30.0. The van der Waals surface area contributed by atoms with Gasteiger partial charge in [-0.25, -0.2) is 0 Å². The van der Waals surface area contributed by atoms with Crippen LogP contribution in [0.2, 0.25) is 0 Å². The predicted octanol–water partition coefficient (Wildman–Crippen LogP) is -0.872. The molecule has 0 bridgehead atoms. The maximum absolute atomic E-state index is 11.8. The second-order valence-corrected chi connectivity index (χ2v) is 9.43. The summed E-state index contributed by atoms with van der Waals surface area (Å²) in [5.74, 6) is -4.18. The van der Waals surface area contributed by atoms with E-state index in [1.54, 1.807) is 38.7 Å². The monoisotopic (exact) mass is 523 g/mol. The molecule has 13 nitrogen and oxygen atoms in total. The number of aliphatic carboxylic acids is 4. The third-order valence-corrected chi connectivity index (χ3v) is 6.38. The lowest BCUT2D eigenvalue weighted by atomic mass is 10.0. The van der Waals surface area contributed by atoms with E-state index in [0.29, 0.717) is 12.1 Å². The summed E-state index contributed by atoms with van der Waals surface area (Å²) < 4.78 is 0. The van der Waals surface area contributed by atoms with Crippen molar-refractivity contribution < 1.29 is 39.6 Å². The summed E-state index contributed by atoms with van der Waals surface area (Å²) in [4.78, 5) is 53.2. The van der Waals surface area contributed by atoms with Crippen molar-refractivity contribution in [2.75, 3.05) is 71.2 Å². The summed E-state index contributed by atoms with van der Waals surface area (Å²) in [6, 6.07) is 6.38. The van der Waals surface area contributed by atoms with Crippen molar-refractivity contribution in [1.82, 2.24) is 19.6 Å². The lowest BCUT2D eigenvalue weighted by Crippen LogP contribution is -2.55. The molecule has 2 atom stereocenters. The molecule has 0 spiro atoms.